The maximum absolute atomic E-state index is 12.1. The number of nitrogens with zero attached hydrogens (tertiary/aromatic N) is 11. The van der Waals surface area contributed by atoms with Crippen LogP contribution in [0.4, 0.5) is 0 Å². The Morgan fingerprint density at radius 1 is 0.338 bits per heavy atom. The van der Waals surface area contributed by atoms with Crippen molar-refractivity contribution in [2.45, 2.75) is 172 Å². The number of carbonyl (C=O) groups excluding carboxylic acids is 24. The molecular weight excluding hydrogens is 1960 g/mol. The molecule has 0 aliphatic carbocycles. The number of H-pyrrole nitrogens is 1. The van der Waals surface area contributed by atoms with Gasteiger partial charge >= 0.3 is 65.4 Å². The molecule has 3 aromatic heterocycles. The second-order valence-electron chi connectivity index (χ2n) is 25.6. The van der Waals surface area contributed by atoms with Crippen molar-refractivity contribution in [3.05, 3.63) is 104 Å². The molecule has 0 bridgehead atoms. The number of nitrogens with one attached hydrogen (secondary N) is 1. The number of ether oxygens (including phenoxy) is 3. The first-order chi connectivity index (χ1) is 66.7. The number of hydroxylamine groups is 12. The van der Waals surface area contributed by atoms with Gasteiger partial charge in [0.1, 0.15) is 17.2 Å². The van der Waals surface area contributed by atoms with E-state index in [2.05, 4.69) is 90.1 Å². The van der Waals surface area contributed by atoms with E-state index in [9.17, 15) is 115 Å². The van der Waals surface area contributed by atoms with Crippen LogP contribution in [0.2, 0.25) is 0 Å². The smallest absolute Gasteiger partial charge is 0.493 e. The van der Waals surface area contributed by atoms with Crippen molar-refractivity contribution < 1.29 is 188 Å². The number of carbonyl (C=O) groups is 24. The third-order valence-electron chi connectivity index (χ3n) is 16.5. The third-order valence-corrected chi connectivity index (χ3v) is 17.0. The molecule has 56 nitrogen and oxygen atoms in total. The van der Waals surface area contributed by atoms with Gasteiger partial charge in [0, 0.05) is 136 Å². The molecular formula is C84H123BrN23NaO33. The zero-order valence-electron chi connectivity index (χ0n) is 82.3. The number of benzene rings is 3. The number of ketones is 3. The van der Waals surface area contributed by atoms with Crippen molar-refractivity contribution in [2.24, 2.45) is 63.1 Å². The van der Waals surface area contributed by atoms with E-state index in [0.29, 0.717) is 117 Å². The van der Waals surface area contributed by atoms with Crippen LogP contribution in [0.1, 0.15) is 188 Å². The van der Waals surface area contributed by atoms with Crippen LogP contribution in [-0.4, -0.2) is 255 Å². The van der Waals surface area contributed by atoms with Gasteiger partial charge in [-0.25, -0.2) is 28.8 Å². The second-order valence-corrected chi connectivity index (χ2v) is 26.1. The molecule has 6 aliphatic rings. The number of alkyl halides is 1. The number of primary amides is 3. The first-order valence-corrected chi connectivity index (χ1v) is 42.6. The fourth-order valence-corrected chi connectivity index (χ4v) is 12.1. The van der Waals surface area contributed by atoms with Crippen molar-refractivity contribution >= 4 is 190 Å². The minimum atomic E-state index is -0.990. The van der Waals surface area contributed by atoms with Crippen LogP contribution >= 0.6 is 15.9 Å². The number of aromatic nitrogens is 3. The Bertz CT molecular complexity index is 4850. The van der Waals surface area contributed by atoms with Crippen LogP contribution in [0.3, 0.4) is 0 Å². The molecule has 6 saturated heterocycles. The molecule has 6 aliphatic heterocycles. The molecule has 58 heteroatoms. The van der Waals surface area contributed by atoms with E-state index in [1.54, 1.807) is 43.5 Å². The summed E-state index contributed by atoms with van der Waals surface area (Å²) in [7, 11) is 10.5. The third kappa shape index (κ3) is 43.7. The first kappa shape index (κ1) is 138. The summed E-state index contributed by atoms with van der Waals surface area (Å²) in [5, 5.41) is 4.93. The molecule has 23 N–H and O–H groups in total. The molecule has 0 saturated carbocycles. The van der Waals surface area contributed by atoms with E-state index in [-0.39, 0.29) is 119 Å². The van der Waals surface area contributed by atoms with Crippen LogP contribution < -0.4 is 107 Å². The monoisotopic (exact) mass is 2080 g/mol. The van der Waals surface area contributed by atoms with Gasteiger partial charge in [-0.05, 0) is 127 Å². The fraction of sp³-hybridized carbons (Fsp3) is 0.429. The van der Waals surface area contributed by atoms with Crippen LogP contribution in [0.15, 0.2) is 54.6 Å². The molecule has 142 heavy (non-hydrogen) atoms. The summed E-state index contributed by atoms with van der Waals surface area (Å²) in [5.41, 5.74) is 71.7. The first-order valence-electron chi connectivity index (χ1n) is 41.5. The number of amides is 15. The van der Waals surface area contributed by atoms with E-state index in [1.165, 1.54) is 54.2 Å². The topological polar surface area (TPSA) is 883 Å². The molecule has 0 atom stereocenters. The molecule has 0 radical (unpaired) electrons. The molecule has 6 fully saturated rings. The number of halogens is 1. The van der Waals surface area contributed by atoms with Crippen LogP contribution in [-0.2, 0) is 142 Å². The fourth-order valence-electron chi connectivity index (χ4n) is 11.5. The average molecular weight is 2090 g/mol. The number of Topliss-reactive ketones (excluding diaryl/α,β-unsaturated/α-hetero) is 3. The maximum Gasteiger partial charge on any atom is 1.00 e. The Balaban J connectivity index is -0.000000362. The summed E-state index contributed by atoms with van der Waals surface area (Å²) in [6, 6.07) is 16.3. The van der Waals surface area contributed by atoms with Crippen molar-refractivity contribution in [3.63, 3.8) is 0 Å². The minimum Gasteiger partial charge on any atom is -0.493 e. The zero-order chi connectivity index (χ0) is 110. The number of fused-ring (bicyclic) bond motifs is 3. The molecule has 12 rings (SSSR count). The Labute approximate surface area is 844 Å². The second kappa shape index (κ2) is 74.3. The molecule has 0 unspecified atom stereocenters. The molecule has 780 valence electrons. The predicted molar refractivity (Wildman–Crippen MR) is 502 cm³/mol. The number of nitrogens with two attached hydrogens (primary N) is 11. The number of hydrogen-bond acceptors (Lipinski definition) is 41. The van der Waals surface area contributed by atoms with Gasteiger partial charge in [-0.15, -0.1) is 30.4 Å². The molecule has 9 heterocycles. The summed E-state index contributed by atoms with van der Waals surface area (Å²) in [6.07, 6.45) is 1.57. The van der Waals surface area contributed by atoms with Gasteiger partial charge in [0.25, 0.3) is 106 Å². The van der Waals surface area contributed by atoms with Gasteiger partial charge in [-0.3, -0.25) is 91.2 Å². The Hall–Kier alpha value is -14.8. The number of imide groups is 6. The van der Waals surface area contributed by atoms with Crippen molar-refractivity contribution in [1.82, 2.24) is 44.5 Å². The van der Waals surface area contributed by atoms with Gasteiger partial charge in [0.2, 0.25) is 0 Å². The molecule has 6 aromatic rings. The SMILES string of the molecule is CC(=O)ON1C(=O)CCC1=O.CC(=O)ON1C(=O)CCC1=O.CC(=O)ON1C(=O)CCC1=O.CC(=O)ON1C(=O)CCC1=O.CC(=O)ON1C(=O)CCC1=O.CC(=O)ON1C(=O)CCC1=O.CCOc1cccc2[nH]c(C)c(C(=O)C(N)=O)c12.CCOc1cccc2c1c(C(=O)C(N)=O)c(C)n2CBr.CCOc1cccc2c1c(C(=O)C(N)=O)c(C)n2CN.CN.CN.CN.CN.CN.CN.CN.[N-]=[N+]=[N-].[Na+]. The quantitative estimate of drug-likeness (QED) is 0.00546. The summed E-state index contributed by atoms with van der Waals surface area (Å²) >= 11 is 3.39. The average Bonchev–Trinajstić information content (AvgIpc) is 1.61. The Morgan fingerprint density at radius 2 is 0.528 bits per heavy atom. The van der Waals surface area contributed by atoms with E-state index in [4.69, 9.17) is 48.2 Å². The van der Waals surface area contributed by atoms with Crippen LogP contribution in [0.25, 0.3) is 48.7 Å². The Kier molecular flexibility index (Phi) is 72.2. The van der Waals surface area contributed by atoms with Crippen LogP contribution in [0, 0.1) is 20.8 Å². The summed E-state index contributed by atoms with van der Waals surface area (Å²) in [6.45, 7) is 19.2. The molecule has 15 amide bonds. The van der Waals surface area contributed by atoms with Crippen molar-refractivity contribution in [3.8, 4) is 17.2 Å². The van der Waals surface area contributed by atoms with E-state index in [1.807, 2.05) is 61.7 Å². The predicted octanol–water partition coefficient (Wildman–Crippen LogP) is -2.58. The van der Waals surface area contributed by atoms with Gasteiger partial charge in [0.05, 0.1) is 81.3 Å². The Morgan fingerprint density at radius 3 is 0.718 bits per heavy atom. The number of rotatable bonds is 20. The summed E-state index contributed by atoms with van der Waals surface area (Å²) in [5.74, 6) is -12.7. The maximum atomic E-state index is 12.1. The summed E-state index contributed by atoms with van der Waals surface area (Å²) in [4.78, 5) is 291. The van der Waals surface area contributed by atoms with Gasteiger partial charge in [0.15, 0.2) is 0 Å². The number of aryl methyl sites for hydroxylation is 1. The van der Waals surface area contributed by atoms with Crippen LogP contribution in [0.5, 0.6) is 17.2 Å². The zero-order valence-corrected chi connectivity index (χ0v) is 85.9. The van der Waals surface area contributed by atoms with Crippen molar-refractivity contribution in [2.75, 3.05) is 69.2 Å². The van der Waals surface area contributed by atoms with E-state index >= 15 is 0 Å². The normalized spacial score (nSPS) is 12.8. The van der Waals surface area contributed by atoms with Gasteiger partial charge in [-0.2, -0.15) is 0 Å². The number of aromatic amines is 1. The molecule has 3 aromatic carbocycles. The van der Waals surface area contributed by atoms with Gasteiger partial charge < -0.3 is 131 Å². The standard InChI is InChI=1S/C14H15BrN2O3.C14H17N3O3.C13H14N2O3.6C6H7NO4.7CH5N.N3.Na/c2*1-3-20-10-6-4-5-9-12(10)11(13(18)14(16)19)8(2)17(9)7-15;1-3-18-9-6-4-5-8-11(9)10(7(2)15-8)12(16)13(14)17;6*1-4(8)11-7-5(9)2-3-6(7)10;7*1-2;1-3-2;/h4-6H,3,7H2,1-2H3,(H2,16,19);4-6H,3,7,15H2,1-2H3,(H2,16,19);4-6,15H,3H2,1-2H3,(H2,14,17);6*2-3H2,1H3;7*2H2,1H3;;/q;;;;;;;;;;;;;;;;-1;+1. The van der Waals surface area contributed by atoms with Crippen molar-refractivity contribution in [1.29, 1.82) is 0 Å². The summed E-state index contributed by atoms with van der Waals surface area (Å²) < 4.78 is 20.2. The molecule has 0 spiro atoms. The number of hydrogen-bond donors (Lipinski definition) is 12. The largest absolute Gasteiger partial charge is 1.00 e. The van der Waals surface area contributed by atoms with E-state index < -0.39 is 142 Å². The van der Waals surface area contributed by atoms with Gasteiger partial charge in [-0.1, -0.05) is 34.1 Å². The van der Waals surface area contributed by atoms with E-state index in [0.717, 1.165) is 58.1 Å². The minimum absolute atomic E-state index is 0.